The summed E-state index contributed by atoms with van der Waals surface area (Å²) in [6, 6.07) is 10.7. The number of sulfonamides is 1. The number of hydrogen-bond acceptors (Lipinski definition) is 5. The van der Waals surface area contributed by atoms with E-state index in [4.69, 9.17) is 4.74 Å². The maximum absolute atomic E-state index is 13.7. The maximum atomic E-state index is 13.7. The minimum absolute atomic E-state index is 0.0771. The van der Waals surface area contributed by atoms with Crippen molar-refractivity contribution in [3.8, 4) is 5.75 Å². The second-order valence-corrected chi connectivity index (χ2v) is 10.7. The molecule has 0 radical (unpaired) electrons. The summed E-state index contributed by atoms with van der Waals surface area (Å²) in [5, 5.41) is 0. The molecule has 8 heteroatoms. The van der Waals surface area contributed by atoms with E-state index in [0.29, 0.717) is 30.1 Å². The average molecular weight is 447 g/mol. The first-order valence-corrected chi connectivity index (χ1v) is 12.6. The van der Waals surface area contributed by atoms with E-state index in [1.807, 2.05) is 38.1 Å². The molecule has 2 aromatic carbocycles. The smallest absolute Gasteiger partial charge is 0.264 e. The van der Waals surface area contributed by atoms with E-state index < -0.39 is 10.0 Å². The van der Waals surface area contributed by atoms with E-state index in [-0.39, 0.29) is 23.5 Å². The molecule has 1 atom stereocenters. The van der Waals surface area contributed by atoms with Crippen LogP contribution in [0.1, 0.15) is 32.3 Å². The molecule has 0 bridgehead atoms. The van der Waals surface area contributed by atoms with Crippen molar-refractivity contribution >= 4 is 39.1 Å². The Hall–Kier alpha value is -2.19. The summed E-state index contributed by atoms with van der Waals surface area (Å²) < 4.78 is 34.9. The molecule has 6 nitrogen and oxygen atoms in total. The summed E-state index contributed by atoms with van der Waals surface area (Å²) >= 11 is 1.66. The molecule has 0 fully saturated rings. The Morgan fingerprint density at radius 1 is 1.20 bits per heavy atom. The van der Waals surface area contributed by atoms with E-state index in [9.17, 15) is 13.2 Å². The minimum atomic E-state index is -3.82. The summed E-state index contributed by atoms with van der Waals surface area (Å²) in [5.74, 6) is 1.40. The number of carbonyl (C=O) groups is 1. The Bertz CT molecular complexity index is 1080. The van der Waals surface area contributed by atoms with Crippen molar-refractivity contribution in [2.24, 2.45) is 0 Å². The third kappa shape index (κ3) is 3.78. The van der Waals surface area contributed by atoms with Crippen LogP contribution in [0.5, 0.6) is 5.75 Å². The lowest BCUT2D eigenvalue weighted by atomic mass is 10.1. The fourth-order valence-corrected chi connectivity index (χ4v) is 6.33. The van der Waals surface area contributed by atoms with Crippen LogP contribution < -0.4 is 13.9 Å². The van der Waals surface area contributed by atoms with E-state index in [1.165, 1.54) is 11.2 Å². The molecule has 0 aromatic heterocycles. The summed E-state index contributed by atoms with van der Waals surface area (Å²) in [7, 11) is -3.82. The maximum Gasteiger partial charge on any atom is 0.264 e. The summed E-state index contributed by atoms with van der Waals surface area (Å²) in [6.45, 7) is 6.29. The highest BCUT2D eigenvalue weighted by molar-refractivity contribution is 7.99. The van der Waals surface area contributed by atoms with Crippen LogP contribution >= 0.6 is 11.8 Å². The molecule has 2 aromatic rings. The number of nitrogens with zero attached hydrogens (tertiary/aromatic N) is 2. The van der Waals surface area contributed by atoms with E-state index in [2.05, 4.69) is 0 Å². The third-order valence-corrected chi connectivity index (χ3v) is 8.40. The monoisotopic (exact) mass is 446 g/mol. The topological polar surface area (TPSA) is 66.9 Å². The number of aryl methyl sites for hydroxylation is 1. The second kappa shape index (κ2) is 8.15. The van der Waals surface area contributed by atoms with E-state index >= 15 is 0 Å². The van der Waals surface area contributed by atoms with Crippen molar-refractivity contribution in [3.05, 3.63) is 42.0 Å². The first-order chi connectivity index (χ1) is 14.3. The summed E-state index contributed by atoms with van der Waals surface area (Å²) in [5.41, 5.74) is 2.21. The van der Waals surface area contributed by atoms with Gasteiger partial charge in [-0.3, -0.25) is 9.10 Å². The van der Waals surface area contributed by atoms with Gasteiger partial charge in [0.2, 0.25) is 5.91 Å². The van der Waals surface area contributed by atoms with Gasteiger partial charge in [0.15, 0.2) is 0 Å². The zero-order chi connectivity index (χ0) is 21.5. The highest BCUT2D eigenvalue weighted by Gasteiger charge is 2.35. The van der Waals surface area contributed by atoms with Gasteiger partial charge in [0, 0.05) is 18.4 Å². The lowest BCUT2D eigenvalue weighted by Crippen LogP contribution is -2.43. The van der Waals surface area contributed by atoms with Crippen molar-refractivity contribution in [1.82, 2.24) is 0 Å². The zero-order valence-corrected chi connectivity index (χ0v) is 19.1. The van der Waals surface area contributed by atoms with Gasteiger partial charge in [-0.1, -0.05) is 13.0 Å². The Labute approximate surface area is 182 Å². The van der Waals surface area contributed by atoms with Crippen molar-refractivity contribution < 1.29 is 17.9 Å². The van der Waals surface area contributed by atoms with Gasteiger partial charge in [0.05, 0.1) is 22.8 Å². The molecule has 0 saturated heterocycles. The molecule has 0 aliphatic carbocycles. The normalized spacial score (nSPS) is 18.8. The number of amides is 1. The predicted octanol–water partition coefficient (Wildman–Crippen LogP) is 4.21. The minimum Gasteiger partial charge on any atom is -0.486 e. The SMILES string of the molecule is CC[C@H]1CN(S(=O)(=O)c2ccc3c(c2)N(C(C)=O)CCCS3)c2cc(C)ccc2O1. The number of fused-ring (bicyclic) bond motifs is 2. The Morgan fingerprint density at radius 2 is 2.00 bits per heavy atom. The van der Waals surface area contributed by atoms with Crippen LogP contribution in [0.25, 0.3) is 0 Å². The van der Waals surface area contributed by atoms with Gasteiger partial charge in [-0.05, 0) is 61.4 Å². The first-order valence-electron chi connectivity index (χ1n) is 10.2. The molecule has 30 heavy (non-hydrogen) atoms. The van der Waals surface area contributed by atoms with Crippen LogP contribution in [-0.4, -0.2) is 39.3 Å². The van der Waals surface area contributed by atoms with E-state index in [0.717, 1.165) is 22.6 Å². The summed E-state index contributed by atoms with van der Waals surface area (Å²) in [4.78, 5) is 15.0. The number of thioether (sulfide) groups is 1. The molecule has 160 valence electrons. The van der Waals surface area contributed by atoms with Crippen LogP contribution in [0.3, 0.4) is 0 Å². The van der Waals surface area contributed by atoms with Crippen molar-refractivity contribution in [2.75, 3.05) is 28.0 Å². The summed E-state index contributed by atoms with van der Waals surface area (Å²) in [6.07, 6.45) is 1.37. The van der Waals surface area contributed by atoms with Crippen LogP contribution in [-0.2, 0) is 14.8 Å². The van der Waals surface area contributed by atoms with Gasteiger partial charge in [-0.15, -0.1) is 11.8 Å². The molecule has 0 spiro atoms. The standard InChI is InChI=1S/C22H26N2O4S2/c1-4-17-14-24(19-12-15(2)6-8-21(19)28-17)30(26,27)18-7-9-22-20(13-18)23(16(3)25)10-5-11-29-22/h6-9,12-13,17H,4-5,10-11,14H2,1-3H3/t17-/m0/s1. The Morgan fingerprint density at radius 3 is 2.73 bits per heavy atom. The fourth-order valence-electron chi connectivity index (χ4n) is 3.83. The lowest BCUT2D eigenvalue weighted by molar-refractivity contribution is -0.116. The number of carbonyl (C=O) groups excluding carboxylic acids is 1. The van der Waals surface area contributed by atoms with Gasteiger partial charge in [-0.25, -0.2) is 8.42 Å². The molecule has 4 rings (SSSR count). The molecular formula is C22H26N2O4S2. The largest absolute Gasteiger partial charge is 0.486 e. The number of rotatable bonds is 3. The van der Waals surface area contributed by atoms with Crippen molar-refractivity contribution in [1.29, 1.82) is 0 Å². The van der Waals surface area contributed by atoms with Crippen molar-refractivity contribution in [2.45, 2.75) is 49.5 Å². The molecular weight excluding hydrogens is 420 g/mol. The van der Waals surface area contributed by atoms with Crippen molar-refractivity contribution in [3.63, 3.8) is 0 Å². The molecule has 0 unspecified atom stereocenters. The number of hydrogen-bond donors (Lipinski definition) is 0. The number of ether oxygens (including phenoxy) is 1. The molecule has 2 aliphatic rings. The van der Waals surface area contributed by atoms with Crippen LogP contribution in [0.15, 0.2) is 46.2 Å². The van der Waals surface area contributed by atoms with Gasteiger partial charge in [0.1, 0.15) is 11.9 Å². The predicted molar refractivity (Wildman–Crippen MR) is 120 cm³/mol. The number of anilines is 2. The fraction of sp³-hybridized carbons (Fsp3) is 0.409. The molecule has 0 N–H and O–H groups in total. The highest BCUT2D eigenvalue weighted by Crippen LogP contribution is 2.40. The molecule has 1 amide bonds. The van der Waals surface area contributed by atoms with Gasteiger partial charge >= 0.3 is 0 Å². The highest BCUT2D eigenvalue weighted by atomic mass is 32.2. The Balaban J connectivity index is 1.81. The lowest BCUT2D eigenvalue weighted by Gasteiger charge is -2.35. The van der Waals surface area contributed by atoms with Crippen LogP contribution in [0.4, 0.5) is 11.4 Å². The van der Waals surface area contributed by atoms with Crippen LogP contribution in [0, 0.1) is 6.92 Å². The number of benzene rings is 2. The van der Waals surface area contributed by atoms with Gasteiger partial charge in [-0.2, -0.15) is 0 Å². The molecule has 2 aliphatic heterocycles. The van der Waals surface area contributed by atoms with E-state index in [1.54, 1.807) is 28.8 Å². The average Bonchev–Trinajstić information content (AvgIpc) is 2.94. The Kier molecular flexibility index (Phi) is 5.72. The van der Waals surface area contributed by atoms with Gasteiger partial charge in [0.25, 0.3) is 10.0 Å². The quantitative estimate of drug-likeness (QED) is 0.707. The first kappa shape index (κ1) is 21.1. The molecule has 2 heterocycles. The van der Waals surface area contributed by atoms with Gasteiger partial charge < -0.3 is 9.64 Å². The molecule has 0 saturated carbocycles. The second-order valence-electron chi connectivity index (χ2n) is 7.66. The third-order valence-electron chi connectivity index (χ3n) is 5.47. The zero-order valence-electron chi connectivity index (χ0n) is 17.4. The van der Waals surface area contributed by atoms with Crippen LogP contribution in [0.2, 0.25) is 0 Å².